The Morgan fingerprint density at radius 3 is 2.55 bits per heavy atom. The molecule has 0 saturated carbocycles. The number of carbonyl (C=O) groups is 1. The third kappa shape index (κ3) is 4.11. The molecule has 1 aliphatic heterocycles. The van der Waals surface area contributed by atoms with Crippen LogP contribution in [0, 0.1) is 5.92 Å². The zero-order chi connectivity index (χ0) is 15.9. The Bertz CT molecular complexity index is 462. The molecule has 1 atom stereocenters. The molecule has 5 heteroatoms. The maximum atomic E-state index is 12.3. The largest absolute Gasteiger partial charge is 0.379 e. The van der Waals surface area contributed by atoms with E-state index in [1.54, 1.807) is 0 Å². The Kier molecular flexibility index (Phi) is 6.46. The summed E-state index contributed by atoms with van der Waals surface area (Å²) in [4.78, 5) is 14.8. The molecule has 1 unspecified atom stereocenters. The SMILES string of the molecule is CCC(CC)C(CNC(=O)c1cccn1C)N1CCOCC1. The molecule has 1 aliphatic rings. The minimum atomic E-state index is 0.0108. The van der Waals surface area contributed by atoms with E-state index < -0.39 is 0 Å². The lowest BCUT2D eigenvalue weighted by molar-refractivity contribution is 0.00189. The first-order valence-electron chi connectivity index (χ1n) is 8.38. The highest BCUT2D eigenvalue weighted by Crippen LogP contribution is 2.19. The first-order valence-corrected chi connectivity index (χ1v) is 8.38. The van der Waals surface area contributed by atoms with E-state index in [4.69, 9.17) is 4.74 Å². The van der Waals surface area contributed by atoms with E-state index in [-0.39, 0.29) is 5.91 Å². The number of ether oxygens (including phenoxy) is 1. The quantitative estimate of drug-likeness (QED) is 0.837. The number of hydrogen-bond acceptors (Lipinski definition) is 3. The molecule has 1 aromatic rings. The molecule has 0 aliphatic carbocycles. The van der Waals surface area contributed by atoms with Gasteiger partial charge in [0.15, 0.2) is 0 Å². The van der Waals surface area contributed by atoms with E-state index in [9.17, 15) is 4.79 Å². The standard InChI is InChI=1S/C17H29N3O2/c1-4-14(5-2)16(20-9-11-22-12-10-20)13-18-17(21)15-7-6-8-19(15)3/h6-8,14,16H,4-5,9-13H2,1-3H3,(H,18,21). The molecule has 2 heterocycles. The summed E-state index contributed by atoms with van der Waals surface area (Å²) in [5, 5.41) is 3.13. The Morgan fingerprint density at radius 1 is 1.32 bits per heavy atom. The van der Waals surface area contributed by atoms with Gasteiger partial charge in [0, 0.05) is 38.9 Å². The molecule has 22 heavy (non-hydrogen) atoms. The Hall–Kier alpha value is -1.33. The van der Waals surface area contributed by atoms with Gasteiger partial charge in [-0.05, 0) is 18.1 Å². The van der Waals surface area contributed by atoms with Crippen LogP contribution in [0.1, 0.15) is 37.2 Å². The van der Waals surface area contributed by atoms with E-state index in [1.807, 2.05) is 29.9 Å². The van der Waals surface area contributed by atoms with Crippen molar-refractivity contribution in [2.24, 2.45) is 13.0 Å². The smallest absolute Gasteiger partial charge is 0.267 e. The number of carbonyl (C=O) groups excluding carboxylic acids is 1. The number of nitrogens with zero attached hydrogens (tertiary/aromatic N) is 2. The Morgan fingerprint density at radius 2 is 2.00 bits per heavy atom. The number of rotatable bonds is 7. The van der Waals surface area contributed by atoms with Crippen LogP contribution in [-0.4, -0.2) is 54.3 Å². The van der Waals surface area contributed by atoms with Crippen molar-refractivity contribution in [3.8, 4) is 0 Å². The fourth-order valence-corrected chi connectivity index (χ4v) is 3.32. The van der Waals surface area contributed by atoms with Gasteiger partial charge in [0.1, 0.15) is 5.69 Å². The van der Waals surface area contributed by atoms with Crippen LogP contribution in [-0.2, 0) is 11.8 Å². The third-order valence-corrected chi connectivity index (χ3v) is 4.76. The summed E-state index contributed by atoms with van der Waals surface area (Å²) in [5.74, 6) is 0.614. The van der Waals surface area contributed by atoms with Crippen LogP contribution in [0.5, 0.6) is 0 Å². The van der Waals surface area contributed by atoms with Gasteiger partial charge in [-0.15, -0.1) is 0 Å². The van der Waals surface area contributed by atoms with Crippen molar-refractivity contribution < 1.29 is 9.53 Å². The zero-order valence-corrected chi connectivity index (χ0v) is 14.0. The van der Waals surface area contributed by atoms with Crippen LogP contribution >= 0.6 is 0 Å². The van der Waals surface area contributed by atoms with Gasteiger partial charge in [-0.25, -0.2) is 0 Å². The summed E-state index contributed by atoms with van der Waals surface area (Å²) in [6.45, 7) is 8.69. The zero-order valence-electron chi connectivity index (χ0n) is 14.0. The highest BCUT2D eigenvalue weighted by atomic mass is 16.5. The molecule has 5 nitrogen and oxygen atoms in total. The fourth-order valence-electron chi connectivity index (χ4n) is 3.32. The predicted octanol–water partition coefficient (Wildman–Crippen LogP) is 1.89. The van der Waals surface area contributed by atoms with Crippen molar-refractivity contribution in [3.05, 3.63) is 24.0 Å². The van der Waals surface area contributed by atoms with Crippen molar-refractivity contribution in [1.82, 2.24) is 14.8 Å². The summed E-state index contributed by atoms with van der Waals surface area (Å²) in [6.07, 6.45) is 4.17. The van der Waals surface area contributed by atoms with Crippen LogP contribution < -0.4 is 5.32 Å². The second-order valence-electron chi connectivity index (χ2n) is 6.01. The number of aryl methyl sites for hydroxylation is 1. The molecule has 1 N–H and O–H groups in total. The second-order valence-corrected chi connectivity index (χ2v) is 6.01. The maximum Gasteiger partial charge on any atom is 0.267 e. The minimum Gasteiger partial charge on any atom is -0.379 e. The lowest BCUT2D eigenvalue weighted by atomic mass is 9.92. The molecule has 1 amide bonds. The molecule has 1 aromatic heterocycles. The van der Waals surface area contributed by atoms with Gasteiger partial charge in [0.05, 0.1) is 13.2 Å². The van der Waals surface area contributed by atoms with Crippen molar-refractivity contribution in [3.63, 3.8) is 0 Å². The number of morpholine rings is 1. The monoisotopic (exact) mass is 307 g/mol. The van der Waals surface area contributed by atoms with Gasteiger partial charge in [-0.2, -0.15) is 0 Å². The number of hydrogen-bond donors (Lipinski definition) is 1. The summed E-state index contributed by atoms with van der Waals surface area (Å²) in [6, 6.07) is 4.15. The molecule has 124 valence electrons. The molecule has 1 fully saturated rings. The van der Waals surface area contributed by atoms with Gasteiger partial charge in [0.25, 0.3) is 5.91 Å². The van der Waals surface area contributed by atoms with Crippen molar-refractivity contribution in [1.29, 1.82) is 0 Å². The molecule has 1 saturated heterocycles. The van der Waals surface area contributed by atoms with E-state index in [0.29, 0.717) is 24.2 Å². The third-order valence-electron chi connectivity index (χ3n) is 4.76. The summed E-state index contributed by atoms with van der Waals surface area (Å²) >= 11 is 0. The number of aromatic nitrogens is 1. The maximum absolute atomic E-state index is 12.3. The van der Waals surface area contributed by atoms with Gasteiger partial charge < -0.3 is 14.6 Å². The molecular weight excluding hydrogens is 278 g/mol. The van der Waals surface area contributed by atoms with E-state index in [2.05, 4.69) is 24.1 Å². The van der Waals surface area contributed by atoms with Crippen LogP contribution in [0.4, 0.5) is 0 Å². The van der Waals surface area contributed by atoms with Gasteiger partial charge in [0.2, 0.25) is 0 Å². The number of nitrogens with one attached hydrogen (secondary N) is 1. The van der Waals surface area contributed by atoms with Crippen molar-refractivity contribution in [2.75, 3.05) is 32.8 Å². The molecular formula is C17H29N3O2. The van der Waals surface area contributed by atoms with Crippen LogP contribution in [0.25, 0.3) is 0 Å². The van der Waals surface area contributed by atoms with Crippen molar-refractivity contribution >= 4 is 5.91 Å². The average molecular weight is 307 g/mol. The second kappa shape index (κ2) is 8.34. The fraction of sp³-hybridized carbons (Fsp3) is 0.706. The summed E-state index contributed by atoms with van der Waals surface area (Å²) < 4.78 is 7.32. The first-order chi connectivity index (χ1) is 10.7. The van der Waals surface area contributed by atoms with Crippen LogP contribution in [0.2, 0.25) is 0 Å². The highest BCUT2D eigenvalue weighted by Gasteiger charge is 2.27. The van der Waals surface area contributed by atoms with Gasteiger partial charge in [-0.3, -0.25) is 9.69 Å². The first kappa shape index (κ1) is 17.0. The molecule has 0 aromatic carbocycles. The van der Waals surface area contributed by atoms with Gasteiger partial charge in [-0.1, -0.05) is 26.7 Å². The van der Waals surface area contributed by atoms with E-state index in [1.165, 1.54) is 0 Å². The Balaban J connectivity index is 1.99. The molecule has 0 bridgehead atoms. The molecule has 0 spiro atoms. The van der Waals surface area contributed by atoms with E-state index >= 15 is 0 Å². The van der Waals surface area contributed by atoms with Crippen LogP contribution in [0.15, 0.2) is 18.3 Å². The lowest BCUT2D eigenvalue weighted by Gasteiger charge is -2.38. The molecule has 0 radical (unpaired) electrons. The number of amides is 1. The minimum absolute atomic E-state index is 0.0108. The molecule has 2 rings (SSSR count). The van der Waals surface area contributed by atoms with Crippen LogP contribution in [0.3, 0.4) is 0 Å². The summed E-state index contributed by atoms with van der Waals surface area (Å²) in [7, 11) is 1.90. The predicted molar refractivity (Wildman–Crippen MR) is 88.0 cm³/mol. The highest BCUT2D eigenvalue weighted by molar-refractivity contribution is 5.92. The van der Waals surface area contributed by atoms with Crippen molar-refractivity contribution in [2.45, 2.75) is 32.7 Å². The normalized spacial score (nSPS) is 17.6. The van der Waals surface area contributed by atoms with E-state index in [0.717, 1.165) is 39.1 Å². The average Bonchev–Trinajstić information content (AvgIpc) is 2.98. The topological polar surface area (TPSA) is 46.5 Å². The lowest BCUT2D eigenvalue weighted by Crippen LogP contribution is -2.52. The summed E-state index contributed by atoms with van der Waals surface area (Å²) in [5.41, 5.74) is 0.713. The van der Waals surface area contributed by atoms with Gasteiger partial charge >= 0.3 is 0 Å². The Labute approximate surface area is 133 Å².